The van der Waals surface area contributed by atoms with Gasteiger partial charge in [0, 0.05) is 6.04 Å². The lowest BCUT2D eigenvalue weighted by Gasteiger charge is -2.52. The van der Waals surface area contributed by atoms with E-state index in [0.29, 0.717) is 12.2 Å². The van der Waals surface area contributed by atoms with Crippen molar-refractivity contribution >= 4 is 18.0 Å². The number of nitrogens with one attached hydrogen (secondary N) is 2. The average molecular weight is 296 g/mol. The van der Waals surface area contributed by atoms with E-state index in [1.54, 1.807) is 6.92 Å². The maximum absolute atomic E-state index is 11.8. The summed E-state index contributed by atoms with van der Waals surface area (Å²) in [5.74, 6) is -0.612. The number of carbonyl (C=O) groups is 2. The monoisotopic (exact) mass is 296 g/mol. The molecule has 8 nitrogen and oxygen atoms in total. The maximum Gasteiger partial charge on any atom is 0.329 e. The first-order valence-electron chi connectivity index (χ1n) is 6.82. The maximum atomic E-state index is 11.8. The molecular formula is C13H20N4O4. The predicted molar refractivity (Wildman–Crippen MR) is 73.7 cm³/mol. The van der Waals surface area contributed by atoms with Gasteiger partial charge in [-0.05, 0) is 31.6 Å². The summed E-state index contributed by atoms with van der Waals surface area (Å²) in [5, 5.41) is 17.9. The van der Waals surface area contributed by atoms with Crippen molar-refractivity contribution in [2.45, 2.75) is 40.2 Å². The van der Waals surface area contributed by atoms with E-state index in [1.807, 2.05) is 20.8 Å². The van der Waals surface area contributed by atoms with Crippen molar-refractivity contribution in [1.29, 1.82) is 0 Å². The summed E-state index contributed by atoms with van der Waals surface area (Å²) in [6, 6.07) is -0.561. The van der Waals surface area contributed by atoms with E-state index in [2.05, 4.69) is 20.8 Å². The number of aryl methyl sites for hydroxylation is 1. The molecule has 1 fully saturated rings. The summed E-state index contributed by atoms with van der Waals surface area (Å²) >= 11 is 0. The van der Waals surface area contributed by atoms with E-state index < -0.39 is 12.0 Å². The summed E-state index contributed by atoms with van der Waals surface area (Å²) in [5.41, 5.74) is -0.348. The molecule has 1 aliphatic carbocycles. The number of hydrogen-bond acceptors (Lipinski definition) is 5. The fraction of sp³-hybridized carbons (Fsp3) is 0.692. The number of nitrogens with zero attached hydrogens (tertiary/aromatic N) is 2. The summed E-state index contributed by atoms with van der Waals surface area (Å²) in [7, 11) is 0. The van der Waals surface area contributed by atoms with Gasteiger partial charge < -0.3 is 14.9 Å². The highest BCUT2D eigenvalue weighted by Gasteiger charge is 2.53. The van der Waals surface area contributed by atoms with Crippen LogP contribution in [0.5, 0.6) is 0 Å². The van der Waals surface area contributed by atoms with Gasteiger partial charge in [-0.1, -0.05) is 19.0 Å². The molecule has 1 aromatic heterocycles. The molecular weight excluding hydrogens is 276 g/mol. The lowest BCUT2D eigenvalue weighted by atomic mass is 9.53. The molecule has 0 spiro atoms. The number of urea groups is 1. The van der Waals surface area contributed by atoms with Crippen LogP contribution in [-0.4, -0.2) is 33.3 Å². The van der Waals surface area contributed by atoms with Crippen LogP contribution in [0.15, 0.2) is 4.52 Å². The van der Waals surface area contributed by atoms with E-state index in [9.17, 15) is 9.59 Å². The number of amides is 2. The molecule has 0 aliphatic heterocycles. The van der Waals surface area contributed by atoms with E-state index >= 15 is 0 Å². The van der Waals surface area contributed by atoms with Gasteiger partial charge >= 0.3 is 18.0 Å². The van der Waals surface area contributed by atoms with Crippen molar-refractivity contribution in [3.05, 3.63) is 5.82 Å². The van der Waals surface area contributed by atoms with Gasteiger partial charge in [0.1, 0.15) is 0 Å². The quantitative estimate of drug-likeness (QED) is 0.777. The number of aromatic nitrogens is 2. The number of anilines is 1. The minimum atomic E-state index is -0.783. The third-order valence-corrected chi connectivity index (χ3v) is 4.35. The Bertz CT molecular complexity index is 554. The molecule has 1 saturated carbocycles. The molecule has 1 unspecified atom stereocenters. The first-order chi connectivity index (χ1) is 9.71. The highest BCUT2D eigenvalue weighted by molar-refractivity contribution is 5.87. The summed E-state index contributed by atoms with van der Waals surface area (Å²) in [6.45, 7) is 7.34. The van der Waals surface area contributed by atoms with Crippen LogP contribution in [0, 0.1) is 24.2 Å². The predicted octanol–water partition coefficient (Wildman–Crippen LogP) is 1.63. The van der Waals surface area contributed by atoms with E-state index in [4.69, 9.17) is 9.63 Å². The van der Waals surface area contributed by atoms with E-state index in [0.717, 1.165) is 0 Å². The zero-order valence-electron chi connectivity index (χ0n) is 12.5. The van der Waals surface area contributed by atoms with Crippen LogP contribution < -0.4 is 10.6 Å². The van der Waals surface area contributed by atoms with Crippen LogP contribution in [0.25, 0.3) is 0 Å². The van der Waals surface area contributed by atoms with Crippen molar-refractivity contribution in [3.8, 4) is 0 Å². The van der Waals surface area contributed by atoms with Gasteiger partial charge in [-0.15, -0.1) is 0 Å². The number of carboxylic acids is 1. The topological polar surface area (TPSA) is 117 Å². The van der Waals surface area contributed by atoms with Crippen LogP contribution in [-0.2, 0) is 4.79 Å². The molecule has 0 aromatic carbocycles. The molecule has 1 aliphatic rings. The Balaban J connectivity index is 1.89. The minimum Gasteiger partial charge on any atom is -0.481 e. The lowest BCUT2D eigenvalue weighted by Crippen LogP contribution is -2.57. The largest absolute Gasteiger partial charge is 0.481 e. The van der Waals surface area contributed by atoms with Crippen LogP contribution >= 0.6 is 0 Å². The van der Waals surface area contributed by atoms with Crippen molar-refractivity contribution in [1.82, 2.24) is 15.5 Å². The van der Waals surface area contributed by atoms with Crippen molar-refractivity contribution in [2.24, 2.45) is 17.3 Å². The molecule has 0 saturated heterocycles. The molecule has 2 amide bonds. The third-order valence-electron chi connectivity index (χ3n) is 4.35. The molecule has 0 bridgehead atoms. The molecule has 21 heavy (non-hydrogen) atoms. The fourth-order valence-corrected chi connectivity index (χ4v) is 3.02. The number of rotatable bonds is 4. The average Bonchev–Trinajstić information content (AvgIpc) is 2.72. The summed E-state index contributed by atoms with van der Waals surface area (Å²) < 4.78 is 4.80. The third kappa shape index (κ3) is 2.98. The molecule has 116 valence electrons. The minimum absolute atomic E-state index is 0.0356. The van der Waals surface area contributed by atoms with Gasteiger partial charge in [-0.2, -0.15) is 4.98 Å². The second-order valence-corrected chi connectivity index (χ2v) is 6.09. The Kier molecular flexibility index (Phi) is 3.89. The van der Waals surface area contributed by atoms with Crippen LogP contribution in [0.3, 0.4) is 0 Å². The van der Waals surface area contributed by atoms with E-state index in [-0.39, 0.29) is 29.3 Å². The summed E-state index contributed by atoms with van der Waals surface area (Å²) in [6.07, 6.45) is 0.559. The van der Waals surface area contributed by atoms with Crippen molar-refractivity contribution in [3.63, 3.8) is 0 Å². The Morgan fingerprint density at radius 1 is 1.48 bits per heavy atom. The van der Waals surface area contributed by atoms with Crippen LogP contribution in [0.1, 0.15) is 33.0 Å². The molecule has 2 rings (SSSR count). The zero-order chi connectivity index (χ0) is 15.8. The molecule has 3 atom stereocenters. The fourth-order valence-electron chi connectivity index (χ4n) is 3.02. The van der Waals surface area contributed by atoms with Crippen molar-refractivity contribution < 1.29 is 19.2 Å². The van der Waals surface area contributed by atoms with Crippen LogP contribution in [0.2, 0.25) is 0 Å². The number of carboxylic acid groups (broad SMARTS) is 1. The van der Waals surface area contributed by atoms with Crippen LogP contribution in [0.4, 0.5) is 10.8 Å². The Morgan fingerprint density at radius 2 is 2.14 bits per heavy atom. The SMILES string of the molecule is Cc1noc(NC(=O)NC(C)[C@@H]2C[C@H](C(=O)O)C2(C)C)n1. The lowest BCUT2D eigenvalue weighted by molar-refractivity contribution is -0.160. The molecule has 3 N–H and O–H groups in total. The van der Waals surface area contributed by atoms with Gasteiger partial charge in [0.15, 0.2) is 5.82 Å². The molecule has 8 heteroatoms. The second kappa shape index (κ2) is 5.34. The number of aliphatic carboxylic acids is 1. The first-order valence-corrected chi connectivity index (χ1v) is 6.82. The number of hydrogen-bond donors (Lipinski definition) is 3. The standard InChI is InChI=1S/C13H20N4O4/c1-6(8-5-9(10(18)19)13(8,3)4)14-11(20)16-12-15-7(2)17-21-12/h6,8-9H,5H2,1-4H3,(H,18,19)(H2,14,15,16,17,20)/t6?,8-,9+/m0/s1. The normalized spacial score (nSPS) is 24.8. The van der Waals surface area contributed by atoms with Gasteiger partial charge in [-0.25, -0.2) is 4.79 Å². The van der Waals surface area contributed by atoms with Crippen molar-refractivity contribution in [2.75, 3.05) is 5.32 Å². The first kappa shape index (κ1) is 15.3. The highest BCUT2D eigenvalue weighted by atomic mass is 16.5. The van der Waals surface area contributed by atoms with E-state index in [1.165, 1.54) is 0 Å². The summed E-state index contributed by atoms with van der Waals surface area (Å²) in [4.78, 5) is 26.8. The van der Waals surface area contributed by atoms with Gasteiger partial charge in [0.2, 0.25) is 0 Å². The second-order valence-electron chi connectivity index (χ2n) is 6.09. The zero-order valence-corrected chi connectivity index (χ0v) is 12.5. The Morgan fingerprint density at radius 3 is 2.62 bits per heavy atom. The molecule has 0 radical (unpaired) electrons. The Labute approximate surface area is 122 Å². The molecule has 1 aromatic rings. The van der Waals surface area contributed by atoms with Gasteiger partial charge in [0.05, 0.1) is 5.92 Å². The number of carbonyl (C=O) groups excluding carboxylic acids is 1. The molecule has 1 heterocycles. The van der Waals surface area contributed by atoms with Gasteiger partial charge in [0.25, 0.3) is 0 Å². The Hall–Kier alpha value is -2.12. The smallest absolute Gasteiger partial charge is 0.329 e. The highest BCUT2D eigenvalue weighted by Crippen LogP contribution is 2.52. The van der Waals surface area contributed by atoms with Gasteiger partial charge in [-0.3, -0.25) is 10.1 Å².